The molecule has 0 aromatic carbocycles. The van der Waals surface area contributed by atoms with Crippen molar-refractivity contribution in [2.45, 2.75) is 142 Å². The average molecular weight is 442 g/mol. The molecule has 0 aliphatic rings. The summed E-state index contributed by atoms with van der Waals surface area (Å²) in [6, 6.07) is 0. The standard InChI is InChI=1S/C27H55NO3/c1-2-3-4-5-6-7-8-9-10-11-12-13-16-19-23-28-24-20-17-14-15-18-21-25-31-26-22-27(29)30/h28H,2-26H2,1H3,(H,29,30). The Bertz CT molecular complexity index is 349. The molecular formula is C27H55NO3. The minimum atomic E-state index is -0.780. The van der Waals surface area contributed by atoms with Gasteiger partial charge in [-0.2, -0.15) is 0 Å². The summed E-state index contributed by atoms with van der Waals surface area (Å²) in [5.74, 6) is -0.780. The highest BCUT2D eigenvalue weighted by Crippen LogP contribution is 2.12. The van der Waals surface area contributed by atoms with Crippen LogP contribution in [0.15, 0.2) is 0 Å². The molecule has 31 heavy (non-hydrogen) atoms. The Morgan fingerprint density at radius 2 is 0.968 bits per heavy atom. The zero-order chi connectivity index (χ0) is 22.7. The van der Waals surface area contributed by atoms with E-state index in [1.54, 1.807) is 0 Å². The number of aliphatic carboxylic acids is 1. The minimum absolute atomic E-state index is 0.117. The molecule has 0 atom stereocenters. The monoisotopic (exact) mass is 441 g/mol. The first-order valence-corrected chi connectivity index (χ1v) is 13.8. The second kappa shape index (κ2) is 27.4. The first kappa shape index (κ1) is 30.4. The average Bonchev–Trinajstić information content (AvgIpc) is 2.76. The van der Waals surface area contributed by atoms with Gasteiger partial charge in [0.05, 0.1) is 13.0 Å². The largest absolute Gasteiger partial charge is 0.481 e. The van der Waals surface area contributed by atoms with Crippen LogP contribution in [-0.4, -0.2) is 37.4 Å². The number of hydrogen-bond donors (Lipinski definition) is 2. The maximum Gasteiger partial charge on any atom is 0.305 e. The predicted molar refractivity (Wildman–Crippen MR) is 134 cm³/mol. The summed E-state index contributed by atoms with van der Waals surface area (Å²) in [6.07, 6.45) is 27.5. The van der Waals surface area contributed by atoms with Crippen LogP contribution in [0.2, 0.25) is 0 Å². The molecule has 0 bridgehead atoms. The van der Waals surface area contributed by atoms with E-state index in [2.05, 4.69) is 12.2 Å². The van der Waals surface area contributed by atoms with Gasteiger partial charge in [0.15, 0.2) is 0 Å². The van der Waals surface area contributed by atoms with Gasteiger partial charge >= 0.3 is 5.97 Å². The Kier molecular flexibility index (Phi) is 26.9. The number of hydrogen-bond acceptors (Lipinski definition) is 3. The second-order valence-corrected chi connectivity index (χ2v) is 9.22. The van der Waals surface area contributed by atoms with Crippen molar-refractivity contribution in [1.29, 1.82) is 0 Å². The summed E-state index contributed by atoms with van der Waals surface area (Å²) < 4.78 is 5.30. The lowest BCUT2D eigenvalue weighted by atomic mass is 10.0. The number of carbonyl (C=O) groups is 1. The van der Waals surface area contributed by atoms with Crippen molar-refractivity contribution < 1.29 is 14.6 Å². The van der Waals surface area contributed by atoms with Crippen LogP contribution in [0.5, 0.6) is 0 Å². The van der Waals surface area contributed by atoms with E-state index >= 15 is 0 Å². The highest BCUT2D eigenvalue weighted by molar-refractivity contribution is 5.66. The van der Waals surface area contributed by atoms with Gasteiger partial charge in [0.25, 0.3) is 0 Å². The van der Waals surface area contributed by atoms with Crippen LogP contribution in [0.25, 0.3) is 0 Å². The van der Waals surface area contributed by atoms with E-state index in [1.807, 2.05) is 0 Å². The first-order chi connectivity index (χ1) is 15.3. The normalized spacial score (nSPS) is 11.3. The van der Waals surface area contributed by atoms with Gasteiger partial charge in [0, 0.05) is 6.61 Å². The minimum Gasteiger partial charge on any atom is -0.481 e. The number of carboxylic acid groups (broad SMARTS) is 1. The molecule has 0 amide bonds. The molecule has 0 aromatic rings. The second-order valence-electron chi connectivity index (χ2n) is 9.22. The molecule has 2 N–H and O–H groups in total. The Balaban J connectivity index is 3.00. The molecule has 0 unspecified atom stereocenters. The van der Waals surface area contributed by atoms with Crippen molar-refractivity contribution in [3.63, 3.8) is 0 Å². The van der Waals surface area contributed by atoms with Crippen molar-refractivity contribution in [2.24, 2.45) is 0 Å². The smallest absolute Gasteiger partial charge is 0.305 e. The van der Waals surface area contributed by atoms with E-state index in [4.69, 9.17) is 9.84 Å². The Morgan fingerprint density at radius 3 is 1.39 bits per heavy atom. The van der Waals surface area contributed by atoms with Crippen molar-refractivity contribution in [3.8, 4) is 0 Å². The predicted octanol–water partition coefficient (Wildman–Crippen LogP) is 7.89. The molecule has 0 spiro atoms. The summed E-state index contributed by atoms with van der Waals surface area (Å²) >= 11 is 0. The number of rotatable bonds is 27. The fraction of sp³-hybridized carbons (Fsp3) is 0.963. The quantitative estimate of drug-likeness (QED) is 0.127. The van der Waals surface area contributed by atoms with E-state index in [9.17, 15) is 4.79 Å². The van der Waals surface area contributed by atoms with Gasteiger partial charge in [-0.15, -0.1) is 0 Å². The lowest BCUT2D eigenvalue weighted by molar-refractivity contribution is -0.138. The topological polar surface area (TPSA) is 58.6 Å². The highest BCUT2D eigenvalue weighted by atomic mass is 16.5. The Labute approximate surface area is 194 Å². The van der Waals surface area contributed by atoms with Crippen LogP contribution in [0, 0.1) is 0 Å². The van der Waals surface area contributed by atoms with Gasteiger partial charge in [-0.3, -0.25) is 4.79 Å². The molecule has 0 aromatic heterocycles. The van der Waals surface area contributed by atoms with E-state index < -0.39 is 5.97 Å². The molecule has 0 fully saturated rings. The number of ether oxygens (including phenoxy) is 1. The number of carboxylic acids is 1. The molecule has 0 saturated heterocycles. The van der Waals surface area contributed by atoms with Crippen molar-refractivity contribution in [3.05, 3.63) is 0 Å². The molecule has 0 aliphatic heterocycles. The third-order valence-electron chi connectivity index (χ3n) is 6.06. The van der Waals surface area contributed by atoms with Crippen LogP contribution >= 0.6 is 0 Å². The molecule has 0 rings (SSSR count). The van der Waals surface area contributed by atoms with Crippen LogP contribution in [0.4, 0.5) is 0 Å². The molecule has 0 aliphatic carbocycles. The van der Waals surface area contributed by atoms with Gasteiger partial charge in [0.2, 0.25) is 0 Å². The molecule has 0 saturated carbocycles. The maximum atomic E-state index is 10.4. The van der Waals surface area contributed by atoms with Gasteiger partial charge in [-0.25, -0.2) is 0 Å². The van der Waals surface area contributed by atoms with Gasteiger partial charge < -0.3 is 15.2 Å². The van der Waals surface area contributed by atoms with E-state index in [0.29, 0.717) is 13.2 Å². The molecule has 0 heterocycles. The van der Waals surface area contributed by atoms with Gasteiger partial charge in [0.1, 0.15) is 0 Å². The summed E-state index contributed by atoms with van der Waals surface area (Å²) in [7, 11) is 0. The van der Waals surface area contributed by atoms with Crippen molar-refractivity contribution in [2.75, 3.05) is 26.3 Å². The number of unbranched alkanes of at least 4 members (excludes halogenated alkanes) is 18. The molecule has 4 nitrogen and oxygen atoms in total. The number of nitrogens with one attached hydrogen (secondary N) is 1. The van der Waals surface area contributed by atoms with E-state index in [1.165, 1.54) is 129 Å². The van der Waals surface area contributed by atoms with Crippen molar-refractivity contribution >= 4 is 5.97 Å². The lowest BCUT2D eigenvalue weighted by Crippen LogP contribution is -2.16. The van der Waals surface area contributed by atoms with Gasteiger partial charge in [-0.05, 0) is 32.4 Å². The molecule has 0 radical (unpaired) electrons. The lowest BCUT2D eigenvalue weighted by Gasteiger charge is -2.06. The third kappa shape index (κ3) is 29.4. The summed E-state index contributed by atoms with van der Waals surface area (Å²) in [6.45, 7) is 5.69. The fourth-order valence-electron chi connectivity index (χ4n) is 3.99. The van der Waals surface area contributed by atoms with Gasteiger partial charge in [-0.1, -0.05) is 116 Å². The van der Waals surface area contributed by atoms with Crippen LogP contribution in [-0.2, 0) is 9.53 Å². The zero-order valence-electron chi connectivity index (χ0n) is 20.9. The molecule has 186 valence electrons. The summed E-state index contributed by atoms with van der Waals surface area (Å²) in [5, 5.41) is 12.1. The van der Waals surface area contributed by atoms with Crippen LogP contribution in [0.1, 0.15) is 142 Å². The Morgan fingerprint density at radius 1 is 0.581 bits per heavy atom. The zero-order valence-corrected chi connectivity index (χ0v) is 20.9. The van der Waals surface area contributed by atoms with Crippen molar-refractivity contribution in [1.82, 2.24) is 5.32 Å². The highest BCUT2D eigenvalue weighted by Gasteiger charge is 1.97. The first-order valence-electron chi connectivity index (χ1n) is 13.8. The molecule has 4 heteroatoms. The Hall–Kier alpha value is -0.610. The third-order valence-corrected chi connectivity index (χ3v) is 6.06. The SMILES string of the molecule is CCCCCCCCCCCCCCCCNCCCCCCCCOCCC(=O)O. The fourth-order valence-corrected chi connectivity index (χ4v) is 3.99. The van der Waals surface area contributed by atoms with Crippen LogP contribution in [0.3, 0.4) is 0 Å². The van der Waals surface area contributed by atoms with E-state index in [-0.39, 0.29) is 6.42 Å². The molecular weight excluding hydrogens is 386 g/mol. The summed E-state index contributed by atoms with van der Waals surface area (Å²) in [5.41, 5.74) is 0. The van der Waals surface area contributed by atoms with Crippen LogP contribution < -0.4 is 5.32 Å². The maximum absolute atomic E-state index is 10.4. The van der Waals surface area contributed by atoms with E-state index in [0.717, 1.165) is 13.0 Å². The summed E-state index contributed by atoms with van der Waals surface area (Å²) in [4.78, 5) is 10.4.